The topological polar surface area (TPSA) is 49.3 Å². The monoisotopic (exact) mass is 229 g/mol. The van der Waals surface area contributed by atoms with Crippen LogP contribution in [-0.4, -0.2) is 23.7 Å². The average molecular weight is 229 g/mol. The molecule has 0 aromatic heterocycles. The number of nitrogens with one attached hydrogen (secondary N) is 1. The molecule has 3 nitrogen and oxygen atoms in total. The highest BCUT2D eigenvalue weighted by molar-refractivity contribution is 5.73. The van der Waals surface area contributed by atoms with Crippen LogP contribution < -0.4 is 5.32 Å². The summed E-state index contributed by atoms with van der Waals surface area (Å²) in [6, 6.07) is 0.412. The third kappa shape index (κ3) is 6.83. The van der Waals surface area contributed by atoms with Crippen LogP contribution in [0.5, 0.6) is 0 Å². The predicted octanol–water partition coefficient (Wildman–Crippen LogP) is 3.05. The van der Waals surface area contributed by atoms with Gasteiger partial charge in [0, 0.05) is 12.6 Å². The summed E-state index contributed by atoms with van der Waals surface area (Å²) in [5.74, 6) is -0.738. The second-order valence-electron chi connectivity index (χ2n) is 5.32. The first-order chi connectivity index (χ1) is 7.40. The quantitative estimate of drug-likeness (QED) is 0.597. The minimum absolute atomic E-state index is 0.412. The molecule has 0 rings (SSSR count). The van der Waals surface area contributed by atoms with Crippen LogP contribution in [-0.2, 0) is 4.79 Å². The van der Waals surface area contributed by atoms with Gasteiger partial charge in [0.05, 0.1) is 5.41 Å². The van der Waals surface area contributed by atoms with Crippen molar-refractivity contribution in [2.45, 2.75) is 65.8 Å². The zero-order valence-corrected chi connectivity index (χ0v) is 11.2. The van der Waals surface area contributed by atoms with E-state index in [1.165, 1.54) is 25.7 Å². The van der Waals surface area contributed by atoms with E-state index in [-0.39, 0.29) is 0 Å². The average Bonchev–Trinajstić information content (AvgIpc) is 2.21. The number of carbonyl (C=O) groups is 1. The van der Waals surface area contributed by atoms with Crippen LogP contribution in [0.15, 0.2) is 0 Å². The summed E-state index contributed by atoms with van der Waals surface area (Å²) in [6.07, 6.45) is 6.21. The van der Waals surface area contributed by atoms with Gasteiger partial charge in [-0.25, -0.2) is 0 Å². The standard InChI is InChI=1S/C13H27NO2/c1-5-6-7-8-9-11(2)14-10-13(3,4)12(15)16/h11,14H,5-10H2,1-4H3,(H,15,16). The lowest BCUT2D eigenvalue weighted by molar-refractivity contribution is -0.146. The maximum atomic E-state index is 10.9. The Morgan fingerprint density at radius 3 is 2.44 bits per heavy atom. The minimum Gasteiger partial charge on any atom is -0.481 e. The number of carboxylic acid groups (broad SMARTS) is 1. The van der Waals surface area contributed by atoms with Crippen LogP contribution in [0.4, 0.5) is 0 Å². The third-order valence-electron chi connectivity index (χ3n) is 2.96. The van der Waals surface area contributed by atoms with Gasteiger partial charge in [-0.3, -0.25) is 4.79 Å². The molecule has 16 heavy (non-hydrogen) atoms. The molecule has 1 unspecified atom stereocenters. The Morgan fingerprint density at radius 2 is 1.94 bits per heavy atom. The molecule has 0 amide bonds. The maximum Gasteiger partial charge on any atom is 0.310 e. The molecule has 0 saturated carbocycles. The van der Waals surface area contributed by atoms with E-state index in [0.29, 0.717) is 12.6 Å². The normalized spacial score (nSPS) is 13.8. The minimum atomic E-state index is -0.738. The Bertz CT molecular complexity index is 202. The second-order valence-corrected chi connectivity index (χ2v) is 5.32. The van der Waals surface area contributed by atoms with Crippen molar-refractivity contribution in [2.75, 3.05) is 6.54 Å². The molecule has 0 radical (unpaired) electrons. The first kappa shape index (κ1) is 15.4. The van der Waals surface area contributed by atoms with Crippen molar-refractivity contribution in [2.24, 2.45) is 5.41 Å². The zero-order chi connectivity index (χ0) is 12.6. The fraction of sp³-hybridized carbons (Fsp3) is 0.923. The molecule has 0 aliphatic carbocycles. The van der Waals surface area contributed by atoms with E-state index in [1.807, 2.05) is 0 Å². The molecule has 0 bridgehead atoms. The van der Waals surface area contributed by atoms with Gasteiger partial charge >= 0.3 is 5.97 Å². The molecule has 1 atom stereocenters. The van der Waals surface area contributed by atoms with Crippen molar-refractivity contribution < 1.29 is 9.90 Å². The van der Waals surface area contributed by atoms with Gasteiger partial charge in [-0.1, -0.05) is 32.6 Å². The maximum absolute atomic E-state index is 10.9. The summed E-state index contributed by atoms with van der Waals surface area (Å²) < 4.78 is 0. The van der Waals surface area contributed by atoms with Crippen LogP contribution in [0.1, 0.15) is 59.8 Å². The van der Waals surface area contributed by atoms with Crippen molar-refractivity contribution in [3.63, 3.8) is 0 Å². The van der Waals surface area contributed by atoms with Gasteiger partial charge in [0.15, 0.2) is 0 Å². The van der Waals surface area contributed by atoms with E-state index in [0.717, 1.165) is 6.42 Å². The molecule has 96 valence electrons. The van der Waals surface area contributed by atoms with Crippen LogP contribution in [0.25, 0.3) is 0 Å². The molecular formula is C13H27NO2. The van der Waals surface area contributed by atoms with Crippen molar-refractivity contribution in [3.05, 3.63) is 0 Å². The van der Waals surface area contributed by atoms with Crippen LogP contribution in [0, 0.1) is 5.41 Å². The highest BCUT2D eigenvalue weighted by atomic mass is 16.4. The molecule has 0 saturated heterocycles. The van der Waals surface area contributed by atoms with E-state index >= 15 is 0 Å². The van der Waals surface area contributed by atoms with Crippen LogP contribution in [0.2, 0.25) is 0 Å². The first-order valence-electron chi connectivity index (χ1n) is 6.37. The highest BCUT2D eigenvalue weighted by Gasteiger charge is 2.26. The number of hydrogen-bond donors (Lipinski definition) is 2. The summed E-state index contributed by atoms with van der Waals surface area (Å²) >= 11 is 0. The predicted molar refractivity (Wildman–Crippen MR) is 67.6 cm³/mol. The second kappa shape index (κ2) is 7.66. The molecule has 0 aromatic carbocycles. The molecule has 0 aliphatic heterocycles. The molecule has 0 fully saturated rings. The lowest BCUT2D eigenvalue weighted by Gasteiger charge is -2.22. The van der Waals surface area contributed by atoms with Gasteiger partial charge < -0.3 is 10.4 Å². The van der Waals surface area contributed by atoms with E-state index in [4.69, 9.17) is 5.11 Å². The fourth-order valence-electron chi connectivity index (χ4n) is 1.48. The van der Waals surface area contributed by atoms with Crippen molar-refractivity contribution in [3.8, 4) is 0 Å². The molecule has 3 heteroatoms. The number of aliphatic carboxylic acids is 1. The fourth-order valence-corrected chi connectivity index (χ4v) is 1.48. The van der Waals surface area contributed by atoms with Gasteiger partial charge in [-0.05, 0) is 27.2 Å². The SMILES string of the molecule is CCCCCCC(C)NCC(C)(C)C(=O)O. The lowest BCUT2D eigenvalue weighted by Crippen LogP contribution is -2.39. The van der Waals surface area contributed by atoms with Gasteiger partial charge in [0.2, 0.25) is 0 Å². The molecule has 0 heterocycles. The third-order valence-corrected chi connectivity index (χ3v) is 2.96. The Balaban J connectivity index is 3.64. The van der Waals surface area contributed by atoms with Gasteiger partial charge in [0.25, 0.3) is 0 Å². The van der Waals surface area contributed by atoms with Gasteiger partial charge in [-0.15, -0.1) is 0 Å². The summed E-state index contributed by atoms with van der Waals surface area (Å²) in [7, 11) is 0. The molecule has 2 N–H and O–H groups in total. The molecule has 0 aliphatic rings. The van der Waals surface area contributed by atoms with Crippen molar-refractivity contribution >= 4 is 5.97 Å². The summed E-state index contributed by atoms with van der Waals surface area (Å²) in [6.45, 7) is 8.39. The summed E-state index contributed by atoms with van der Waals surface area (Å²) in [4.78, 5) is 10.9. The van der Waals surface area contributed by atoms with Gasteiger partial charge in [-0.2, -0.15) is 0 Å². The van der Waals surface area contributed by atoms with E-state index < -0.39 is 11.4 Å². The number of hydrogen-bond acceptors (Lipinski definition) is 2. The Hall–Kier alpha value is -0.570. The van der Waals surface area contributed by atoms with E-state index in [2.05, 4.69) is 19.2 Å². The Morgan fingerprint density at radius 1 is 1.31 bits per heavy atom. The van der Waals surface area contributed by atoms with Crippen LogP contribution >= 0.6 is 0 Å². The Kier molecular flexibility index (Phi) is 7.39. The first-order valence-corrected chi connectivity index (χ1v) is 6.37. The summed E-state index contributed by atoms with van der Waals surface area (Å²) in [5, 5.41) is 12.3. The van der Waals surface area contributed by atoms with Gasteiger partial charge in [0.1, 0.15) is 0 Å². The van der Waals surface area contributed by atoms with Crippen molar-refractivity contribution in [1.82, 2.24) is 5.32 Å². The van der Waals surface area contributed by atoms with Crippen molar-refractivity contribution in [1.29, 1.82) is 0 Å². The number of unbranched alkanes of at least 4 members (excludes halogenated alkanes) is 3. The lowest BCUT2D eigenvalue weighted by atomic mass is 9.93. The smallest absolute Gasteiger partial charge is 0.310 e. The zero-order valence-electron chi connectivity index (χ0n) is 11.2. The highest BCUT2D eigenvalue weighted by Crippen LogP contribution is 2.14. The van der Waals surface area contributed by atoms with E-state index in [9.17, 15) is 4.79 Å². The number of rotatable bonds is 9. The molecule has 0 aromatic rings. The Labute approximate surface area is 99.6 Å². The van der Waals surface area contributed by atoms with E-state index in [1.54, 1.807) is 13.8 Å². The number of carboxylic acids is 1. The molecular weight excluding hydrogens is 202 g/mol. The largest absolute Gasteiger partial charge is 0.481 e. The summed E-state index contributed by atoms with van der Waals surface area (Å²) in [5.41, 5.74) is -0.669. The van der Waals surface area contributed by atoms with Crippen LogP contribution in [0.3, 0.4) is 0 Å². The molecule has 0 spiro atoms.